The Bertz CT molecular complexity index is 812. The zero-order valence-corrected chi connectivity index (χ0v) is 13.6. The average molecular weight is 393 g/mol. The number of carbonyl (C=O) groups is 1. The number of carbonyl (C=O) groups excluding carboxylic acids is 1. The van der Waals surface area contributed by atoms with Crippen LogP contribution in [0.3, 0.4) is 0 Å². The lowest BCUT2D eigenvalue weighted by molar-refractivity contribution is -0.145. The molecule has 3 heterocycles. The second kappa shape index (κ2) is 6.74. The summed E-state index contributed by atoms with van der Waals surface area (Å²) in [5.74, 6) is -1.15. The van der Waals surface area contributed by atoms with Gasteiger partial charge >= 0.3 is 12.4 Å². The van der Waals surface area contributed by atoms with E-state index < -0.39 is 41.9 Å². The highest BCUT2D eigenvalue weighted by Crippen LogP contribution is 2.35. The number of hydrogen-bond acceptors (Lipinski definition) is 4. The maximum absolute atomic E-state index is 12.8. The minimum Gasteiger partial charge on any atom is -0.361 e. The summed E-state index contributed by atoms with van der Waals surface area (Å²) < 4.78 is 78.7. The number of fused-ring (bicyclic) bond motifs is 1. The Kier molecular flexibility index (Phi) is 4.74. The molecule has 0 saturated heterocycles. The van der Waals surface area contributed by atoms with Gasteiger partial charge in [0.2, 0.25) is 5.91 Å². The topological polar surface area (TPSA) is 63.1 Å². The van der Waals surface area contributed by atoms with Crippen molar-refractivity contribution in [1.29, 1.82) is 0 Å². The van der Waals surface area contributed by atoms with Crippen molar-refractivity contribution in [2.24, 2.45) is 0 Å². The van der Waals surface area contributed by atoms with E-state index in [-0.39, 0.29) is 12.6 Å². The van der Waals surface area contributed by atoms with E-state index in [2.05, 4.69) is 15.3 Å². The largest absolute Gasteiger partial charge is 0.433 e. The third kappa shape index (κ3) is 4.31. The lowest BCUT2D eigenvalue weighted by atomic mass is 10.2. The first-order chi connectivity index (χ1) is 12.5. The average Bonchev–Trinajstić information content (AvgIpc) is 3.05. The molecule has 3 rings (SSSR count). The fourth-order valence-electron chi connectivity index (χ4n) is 2.61. The molecule has 1 aliphatic rings. The van der Waals surface area contributed by atoms with E-state index in [0.29, 0.717) is 19.2 Å². The number of nitrogens with zero attached hydrogens (tertiary/aromatic N) is 4. The number of aromatic nitrogens is 3. The summed E-state index contributed by atoms with van der Waals surface area (Å²) in [4.78, 5) is 20.7. The number of pyridine rings is 1. The zero-order chi connectivity index (χ0) is 19.8. The highest BCUT2D eigenvalue weighted by molar-refractivity contribution is 5.80. The normalized spacial score (nSPS) is 14.8. The molecule has 12 heteroatoms. The van der Waals surface area contributed by atoms with Crippen LogP contribution in [-0.4, -0.2) is 38.4 Å². The van der Waals surface area contributed by atoms with Gasteiger partial charge in [0.1, 0.15) is 11.5 Å². The Morgan fingerprint density at radius 2 is 1.85 bits per heavy atom. The number of anilines is 1. The molecule has 27 heavy (non-hydrogen) atoms. The first-order valence-electron chi connectivity index (χ1n) is 7.71. The van der Waals surface area contributed by atoms with Gasteiger partial charge in [-0.25, -0.2) is 9.97 Å². The van der Waals surface area contributed by atoms with Crippen LogP contribution in [-0.2, 0) is 30.2 Å². The summed E-state index contributed by atoms with van der Waals surface area (Å²) in [6, 6.07) is 0.368. The Labute approximate surface area is 148 Å². The second-order valence-corrected chi connectivity index (χ2v) is 5.87. The monoisotopic (exact) mass is 393 g/mol. The molecule has 0 radical (unpaired) electrons. The number of hydrogen-bond donors (Lipinski definition) is 1. The van der Waals surface area contributed by atoms with Crippen LogP contribution >= 0.6 is 0 Å². The van der Waals surface area contributed by atoms with Crippen LogP contribution in [0.5, 0.6) is 0 Å². The number of rotatable bonds is 3. The van der Waals surface area contributed by atoms with Crippen molar-refractivity contribution in [2.75, 3.05) is 18.4 Å². The van der Waals surface area contributed by atoms with Gasteiger partial charge in [0.05, 0.1) is 30.7 Å². The maximum atomic E-state index is 12.8. The van der Waals surface area contributed by atoms with Crippen LogP contribution in [0.2, 0.25) is 0 Å². The van der Waals surface area contributed by atoms with Gasteiger partial charge in [0, 0.05) is 19.3 Å². The van der Waals surface area contributed by atoms with Crippen molar-refractivity contribution in [2.45, 2.75) is 25.4 Å². The van der Waals surface area contributed by atoms with Crippen LogP contribution in [0.1, 0.15) is 17.0 Å². The number of alkyl halides is 6. The molecule has 0 fully saturated rings. The SMILES string of the molecule is O=C(CNc1cc(C(F)(F)F)cc(C(F)(F)F)n1)N1CCn2cncc2C1. The summed E-state index contributed by atoms with van der Waals surface area (Å²) in [7, 11) is 0. The first kappa shape index (κ1) is 19.0. The van der Waals surface area contributed by atoms with Gasteiger partial charge in [-0.2, -0.15) is 26.3 Å². The maximum Gasteiger partial charge on any atom is 0.433 e. The molecule has 1 N–H and O–H groups in total. The molecule has 1 aliphatic heterocycles. The molecule has 0 aliphatic carbocycles. The molecule has 2 aromatic heterocycles. The molecule has 0 bridgehead atoms. The third-order valence-electron chi connectivity index (χ3n) is 3.98. The lowest BCUT2D eigenvalue weighted by Gasteiger charge is -2.28. The Hall–Kier alpha value is -2.79. The molecule has 0 atom stereocenters. The van der Waals surface area contributed by atoms with Crippen molar-refractivity contribution >= 4 is 11.7 Å². The molecule has 146 valence electrons. The molecule has 0 unspecified atom stereocenters. The van der Waals surface area contributed by atoms with Crippen molar-refractivity contribution in [3.63, 3.8) is 0 Å². The van der Waals surface area contributed by atoms with Gasteiger partial charge in [-0.15, -0.1) is 0 Å². The Morgan fingerprint density at radius 1 is 1.11 bits per heavy atom. The van der Waals surface area contributed by atoms with Gasteiger partial charge < -0.3 is 14.8 Å². The molecule has 0 aromatic carbocycles. The van der Waals surface area contributed by atoms with Gasteiger partial charge in [-0.3, -0.25) is 4.79 Å². The number of imidazole rings is 1. The standard InChI is InChI=1S/C15H13F6N5O/c16-14(17,18)9-3-11(15(19,20)21)24-12(4-9)23-6-13(27)25-1-2-26-8-22-5-10(26)7-25/h3-5,8H,1-2,6-7H2,(H,23,24). The van der Waals surface area contributed by atoms with Crippen LogP contribution in [0.25, 0.3) is 0 Å². The fraction of sp³-hybridized carbons (Fsp3) is 0.400. The summed E-state index contributed by atoms with van der Waals surface area (Å²) in [5, 5.41) is 2.26. The van der Waals surface area contributed by atoms with E-state index >= 15 is 0 Å². The van der Waals surface area contributed by atoms with E-state index in [9.17, 15) is 31.1 Å². The van der Waals surface area contributed by atoms with Gasteiger partial charge in [-0.1, -0.05) is 0 Å². The van der Waals surface area contributed by atoms with Crippen LogP contribution in [0.4, 0.5) is 32.2 Å². The smallest absolute Gasteiger partial charge is 0.361 e. The summed E-state index contributed by atoms with van der Waals surface area (Å²) in [6.45, 7) is 0.624. The molecule has 0 saturated carbocycles. The van der Waals surface area contributed by atoms with Crippen molar-refractivity contribution in [3.05, 3.63) is 41.6 Å². The minimum absolute atomic E-state index is 0.0706. The number of halogens is 6. The Morgan fingerprint density at radius 3 is 2.52 bits per heavy atom. The van der Waals surface area contributed by atoms with E-state index in [1.54, 1.807) is 12.5 Å². The van der Waals surface area contributed by atoms with E-state index in [1.165, 1.54) is 4.90 Å². The quantitative estimate of drug-likeness (QED) is 0.815. The highest BCUT2D eigenvalue weighted by atomic mass is 19.4. The predicted octanol–water partition coefficient (Wildman–Crippen LogP) is 2.77. The van der Waals surface area contributed by atoms with E-state index in [1.807, 2.05) is 4.57 Å². The number of nitrogens with one attached hydrogen (secondary N) is 1. The molecule has 2 aromatic rings. The zero-order valence-electron chi connectivity index (χ0n) is 13.6. The molecule has 0 spiro atoms. The summed E-state index contributed by atoms with van der Waals surface area (Å²) >= 11 is 0. The van der Waals surface area contributed by atoms with Crippen molar-refractivity contribution < 1.29 is 31.1 Å². The first-order valence-corrected chi connectivity index (χ1v) is 7.71. The minimum atomic E-state index is -5.05. The van der Waals surface area contributed by atoms with Crippen LogP contribution in [0.15, 0.2) is 24.7 Å². The second-order valence-electron chi connectivity index (χ2n) is 5.87. The van der Waals surface area contributed by atoms with Crippen LogP contribution in [0, 0.1) is 0 Å². The van der Waals surface area contributed by atoms with Crippen molar-refractivity contribution in [1.82, 2.24) is 19.4 Å². The predicted molar refractivity (Wildman–Crippen MR) is 80.4 cm³/mol. The molecule has 6 nitrogen and oxygen atoms in total. The molecule has 1 amide bonds. The van der Waals surface area contributed by atoms with Gasteiger partial charge in [0.15, 0.2) is 0 Å². The van der Waals surface area contributed by atoms with Gasteiger partial charge in [0.25, 0.3) is 0 Å². The fourth-order valence-corrected chi connectivity index (χ4v) is 2.61. The van der Waals surface area contributed by atoms with E-state index in [0.717, 1.165) is 5.69 Å². The highest BCUT2D eigenvalue weighted by Gasteiger charge is 2.38. The summed E-state index contributed by atoms with van der Waals surface area (Å²) in [6.07, 6.45) is -6.83. The number of amides is 1. The lowest BCUT2D eigenvalue weighted by Crippen LogP contribution is -2.40. The summed E-state index contributed by atoms with van der Waals surface area (Å²) in [5.41, 5.74) is -2.40. The van der Waals surface area contributed by atoms with Crippen molar-refractivity contribution in [3.8, 4) is 0 Å². The van der Waals surface area contributed by atoms with Crippen LogP contribution < -0.4 is 5.32 Å². The molecular weight excluding hydrogens is 380 g/mol. The van der Waals surface area contributed by atoms with E-state index in [4.69, 9.17) is 0 Å². The third-order valence-corrected chi connectivity index (χ3v) is 3.98. The van der Waals surface area contributed by atoms with Gasteiger partial charge in [-0.05, 0) is 12.1 Å². The molecular formula is C15H13F6N5O. The Balaban J connectivity index is 1.72.